The molecule has 0 saturated carbocycles. The number of non-ortho nitro benzene ring substituents is 1. The number of amidine groups is 1. The van der Waals surface area contributed by atoms with Crippen molar-refractivity contribution in [3.05, 3.63) is 74.2 Å². The number of nitrogens with zero attached hydrogens (tertiary/aromatic N) is 2. The number of hydrogen-bond acceptors (Lipinski definition) is 5. The fraction of sp³-hybridized carbons (Fsp3) is 0.111. The molecule has 1 amide bonds. The lowest BCUT2D eigenvalue weighted by Crippen LogP contribution is -2.19. The lowest BCUT2D eigenvalue weighted by Gasteiger charge is -2.00. The van der Waals surface area contributed by atoms with Crippen LogP contribution in [0.3, 0.4) is 0 Å². The van der Waals surface area contributed by atoms with Gasteiger partial charge in [-0.25, -0.2) is 4.99 Å². The molecule has 1 heterocycles. The molecule has 25 heavy (non-hydrogen) atoms. The largest absolute Gasteiger partial charge is 0.300 e. The SMILES string of the molecule is Cc1cc(C)cc(N=C2NC(=O)C(=Cc3cccc([N+](=O)[O-])c3)S2)c1. The molecular weight excluding hydrogens is 338 g/mol. The van der Waals surface area contributed by atoms with Crippen molar-refractivity contribution in [1.82, 2.24) is 5.32 Å². The molecule has 2 aromatic carbocycles. The van der Waals surface area contributed by atoms with Gasteiger partial charge in [0.2, 0.25) is 0 Å². The fourth-order valence-electron chi connectivity index (χ4n) is 2.49. The van der Waals surface area contributed by atoms with Gasteiger partial charge in [-0.3, -0.25) is 14.9 Å². The van der Waals surface area contributed by atoms with E-state index in [0.717, 1.165) is 16.8 Å². The number of carbonyl (C=O) groups is 1. The van der Waals surface area contributed by atoms with E-state index in [2.05, 4.69) is 16.4 Å². The average Bonchev–Trinajstić information content (AvgIpc) is 2.86. The normalized spacial score (nSPS) is 17.1. The highest BCUT2D eigenvalue weighted by Gasteiger charge is 2.24. The smallest absolute Gasteiger partial charge is 0.270 e. The molecule has 0 unspecified atom stereocenters. The molecule has 2 aromatic rings. The summed E-state index contributed by atoms with van der Waals surface area (Å²) < 4.78 is 0. The van der Waals surface area contributed by atoms with E-state index in [9.17, 15) is 14.9 Å². The number of nitro benzene ring substituents is 1. The first-order valence-corrected chi connectivity index (χ1v) is 8.35. The van der Waals surface area contributed by atoms with Crippen LogP contribution in [0.4, 0.5) is 11.4 Å². The van der Waals surface area contributed by atoms with Gasteiger partial charge in [0.25, 0.3) is 11.6 Å². The zero-order valence-corrected chi connectivity index (χ0v) is 14.5. The number of nitro groups is 1. The summed E-state index contributed by atoms with van der Waals surface area (Å²) in [6.45, 7) is 3.98. The number of aryl methyl sites for hydroxylation is 2. The van der Waals surface area contributed by atoms with Crippen LogP contribution in [0.5, 0.6) is 0 Å². The zero-order valence-electron chi connectivity index (χ0n) is 13.6. The molecule has 7 heteroatoms. The zero-order chi connectivity index (χ0) is 18.0. The molecule has 1 fully saturated rings. The summed E-state index contributed by atoms with van der Waals surface area (Å²) in [5, 5.41) is 14.1. The van der Waals surface area contributed by atoms with Crippen LogP contribution in [0.25, 0.3) is 6.08 Å². The van der Waals surface area contributed by atoms with Gasteiger partial charge in [0.15, 0.2) is 5.17 Å². The summed E-state index contributed by atoms with van der Waals surface area (Å²) in [7, 11) is 0. The van der Waals surface area contributed by atoms with E-state index in [-0.39, 0.29) is 11.6 Å². The van der Waals surface area contributed by atoms with Crippen LogP contribution in [0, 0.1) is 24.0 Å². The molecule has 1 saturated heterocycles. The second-order valence-corrected chi connectivity index (χ2v) is 6.71. The van der Waals surface area contributed by atoms with Crippen molar-refractivity contribution in [3.63, 3.8) is 0 Å². The van der Waals surface area contributed by atoms with Gasteiger partial charge in [0.05, 0.1) is 15.5 Å². The summed E-state index contributed by atoms with van der Waals surface area (Å²) in [5.41, 5.74) is 3.56. The number of benzene rings is 2. The van der Waals surface area contributed by atoms with Gasteiger partial charge >= 0.3 is 0 Å². The summed E-state index contributed by atoms with van der Waals surface area (Å²) in [6, 6.07) is 12.1. The standard InChI is InChI=1S/C18H15N3O3S/c1-11-6-12(2)8-14(7-11)19-18-20-17(22)16(25-18)10-13-4-3-5-15(9-13)21(23)24/h3-10H,1-2H3,(H,19,20,22). The minimum atomic E-state index is -0.461. The second-order valence-electron chi connectivity index (χ2n) is 5.68. The van der Waals surface area contributed by atoms with Crippen molar-refractivity contribution < 1.29 is 9.72 Å². The van der Waals surface area contributed by atoms with Gasteiger partial charge in [-0.15, -0.1) is 0 Å². The van der Waals surface area contributed by atoms with E-state index < -0.39 is 4.92 Å². The number of rotatable bonds is 3. The predicted octanol–water partition coefficient (Wildman–Crippen LogP) is 4.10. The number of nitrogens with one attached hydrogen (secondary N) is 1. The molecule has 1 aliphatic rings. The minimum Gasteiger partial charge on any atom is -0.300 e. The Kier molecular flexibility index (Phi) is 4.67. The van der Waals surface area contributed by atoms with Gasteiger partial charge < -0.3 is 5.32 Å². The Bertz CT molecular complexity index is 915. The highest BCUT2D eigenvalue weighted by atomic mass is 32.2. The summed E-state index contributed by atoms with van der Waals surface area (Å²) >= 11 is 1.22. The van der Waals surface area contributed by atoms with E-state index in [4.69, 9.17) is 0 Å². The molecule has 0 aliphatic carbocycles. The molecule has 6 nitrogen and oxygen atoms in total. The molecule has 3 rings (SSSR count). The first-order valence-electron chi connectivity index (χ1n) is 7.53. The highest BCUT2D eigenvalue weighted by molar-refractivity contribution is 8.18. The van der Waals surface area contributed by atoms with Crippen LogP contribution in [0.1, 0.15) is 16.7 Å². The van der Waals surface area contributed by atoms with Gasteiger partial charge in [0, 0.05) is 12.1 Å². The van der Waals surface area contributed by atoms with Crippen molar-refractivity contribution >= 4 is 40.3 Å². The van der Waals surface area contributed by atoms with E-state index in [1.807, 2.05) is 26.0 Å². The predicted molar refractivity (Wildman–Crippen MR) is 99.8 cm³/mol. The molecule has 1 aliphatic heterocycles. The van der Waals surface area contributed by atoms with Crippen LogP contribution in [0.15, 0.2) is 52.4 Å². The molecule has 0 aromatic heterocycles. The average molecular weight is 353 g/mol. The molecule has 0 bridgehead atoms. The van der Waals surface area contributed by atoms with Crippen LogP contribution in [-0.2, 0) is 4.79 Å². The summed E-state index contributed by atoms with van der Waals surface area (Å²) in [6.07, 6.45) is 1.62. The van der Waals surface area contributed by atoms with Crippen molar-refractivity contribution in [2.24, 2.45) is 4.99 Å². The third kappa shape index (κ3) is 4.13. The lowest BCUT2D eigenvalue weighted by molar-refractivity contribution is -0.384. The van der Waals surface area contributed by atoms with Crippen LogP contribution in [-0.4, -0.2) is 16.0 Å². The van der Waals surface area contributed by atoms with E-state index >= 15 is 0 Å². The quantitative estimate of drug-likeness (QED) is 0.511. The van der Waals surface area contributed by atoms with Crippen LogP contribution >= 0.6 is 11.8 Å². The third-order valence-corrected chi connectivity index (χ3v) is 4.38. The minimum absolute atomic E-state index is 0.0121. The van der Waals surface area contributed by atoms with Crippen LogP contribution < -0.4 is 5.32 Å². The van der Waals surface area contributed by atoms with Crippen LogP contribution in [0.2, 0.25) is 0 Å². The summed E-state index contributed by atoms with van der Waals surface area (Å²) in [5.74, 6) is -0.264. The number of aliphatic imine (C=N–C) groups is 1. The van der Waals surface area contributed by atoms with E-state index in [1.165, 1.54) is 23.9 Å². The maximum Gasteiger partial charge on any atom is 0.270 e. The first-order chi connectivity index (χ1) is 11.9. The Labute approximate surface area is 148 Å². The lowest BCUT2D eigenvalue weighted by atomic mass is 10.1. The fourth-order valence-corrected chi connectivity index (χ4v) is 3.33. The second kappa shape index (κ2) is 6.90. The molecule has 1 N–H and O–H groups in total. The van der Waals surface area contributed by atoms with Crippen molar-refractivity contribution in [2.45, 2.75) is 13.8 Å². The van der Waals surface area contributed by atoms with Crippen molar-refractivity contribution in [2.75, 3.05) is 0 Å². The first kappa shape index (κ1) is 16.9. The molecule has 0 atom stereocenters. The van der Waals surface area contributed by atoms with Gasteiger partial charge in [0.1, 0.15) is 0 Å². The Morgan fingerprint density at radius 3 is 2.56 bits per heavy atom. The Morgan fingerprint density at radius 1 is 1.16 bits per heavy atom. The monoisotopic (exact) mass is 353 g/mol. The van der Waals surface area contributed by atoms with Crippen molar-refractivity contribution in [1.29, 1.82) is 0 Å². The van der Waals surface area contributed by atoms with E-state index in [0.29, 0.717) is 15.6 Å². The Balaban J connectivity index is 1.86. The van der Waals surface area contributed by atoms with Crippen molar-refractivity contribution in [3.8, 4) is 0 Å². The van der Waals surface area contributed by atoms with Gasteiger partial charge in [-0.1, -0.05) is 18.2 Å². The maximum atomic E-state index is 12.1. The number of amides is 1. The number of thioether (sulfide) groups is 1. The van der Waals surface area contributed by atoms with Gasteiger partial charge in [-0.2, -0.15) is 0 Å². The summed E-state index contributed by atoms with van der Waals surface area (Å²) in [4.78, 5) is 27.4. The molecular formula is C18H15N3O3S. The highest BCUT2D eigenvalue weighted by Crippen LogP contribution is 2.29. The maximum absolute atomic E-state index is 12.1. The number of carbonyl (C=O) groups excluding carboxylic acids is 1. The molecule has 126 valence electrons. The molecule has 0 radical (unpaired) electrons. The van der Waals surface area contributed by atoms with E-state index in [1.54, 1.807) is 18.2 Å². The third-order valence-electron chi connectivity index (χ3n) is 3.47. The number of hydrogen-bond donors (Lipinski definition) is 1. The Morgan fingerprint density at radius 2 is 1.88 bits per heavy atom. The molecule has 0 spiro atoms. The Hall–Kier alpha value is -2.93. The van der Waals surface area contributed by atoms with Gasteiger partial charge in [-0.05, 0) is 60.5 Å². The topological polar surface area (TPSA) is 84.6 Å².